The number of carbonyl (C=O) groups excluding carboxylic acids is 1. The lowest BCUT2D eigenvalue weighted by Crippen LogP contribution is -2.17. The van der Waals surface area contributed by atoms with Crippen molar-refractivity contribution in [2.24, 2.45) is 0 Å². The van der Waals surface area contributed by atoms with Crippen molar-refractivity contribution in [3.8, 4) is 0 Å². The van der Waals surface area contributed by atoms with Crippen LogP contribution >= 0.6 is 34.5 Å². The Morgan fingerprint density at radius 2 is 2.13 bits per heavy atom. The molecule has 0 aliphatic carbocycles. The lowest BCUT2D eigenvalue weighted by atomic mass is 10.2. The summed E-state index contributed by atoms with van der Waals surface area (Å²) in [6.45, 7) is 0. The molecule has 0 atom stereocenters. The third kappa shape index (κ3) is 1.81. The zero-order valence-electron chi connectivity index (χ0n) is 7.25. The molecule has 0 saturated heterocycles. The molecule has 15 heavy (non-hydrogen) atoms. The molecule has 0 radical (unpaired) electrons. The third-order valence-corrected chi connectivity index (χ3v) is 3.79. The highest BCUT2D eigenvalue weighted by molar-refractivity contribution is 7.21. The number of hydrogen-bond donors (Lipinski definition) is 2. The minimum absolute atomic E-state index is 0.274. The van der Waals surface area contributed by atoms with Crippen molar-refractivity contribution in [2.45, 2.75) is 0 Å². The van der Waals surface area contributed by atoms with E-state index in [0.29, 0.717) is 10.0 Å². The summed E-state index contributed by atoms with van der Waals surface area (Å²) < 4.78 is 0.811. The molecule has 0 aliphatic heterocycles. The van der Waals surface area contributed by atoms with Crippen LogP contribution in [0.5, 0.6) is 0 Å². The van der Waals surface area contributed by atoms with E-state index in [1.807, 2.05) is 0 Å². The third-order valence-electron chi connectivity index (χ3n) is 1.90. The molecule has 0 fully saturated rings. The van der Waals surface area contributed by atoms with E-state index >= 15 is 0 Å². The molecule has 6 heteroatoms. The van der Waals surface area contributed by atoms with Crippen molar-refractivity contribution in [3.63, 3.8) is 0 Å². The van der Waals surface area contributed by atoms with Gasteiger partial charge in [0.25, 0.3) is 5.91 Å². The molecule has 1 aromatic heterocycles. The number of thiophene rings is 1. The fraction of sp³-hybridized carbons (Fsp3) is 0. The molecule has 1 heterocycles. The first-order valence-corrected chi connectivity index (χ1v) is 5.52. The Labute approximate surface area is 99.2 Å². The first-order chi connectivity index (χ1) is 7.13. The van der Waals surface area contributed by atoms with Gasteiger partial charge in [0.1, 0.15) is 4.88 Å². The summed E-state index contributed by atoms with van der Waals surface area (Å²) in [5.41, 5.74) is 1.55. The van der Waals surface area contributed by atoms with E-state index in [9.17, 15) is 4.79 Å². The van der Waals surface area contributed by atoms with Crippen molar-refractivity contribution >= 4 is 50.5 Å². The Bertz CT molecular complexity index is 538. The maximum Gasteiger partial charge on any atom is 0.286 e. The van der Waals surface area contributed by atoms with Crippen molar-refractivity contribution < 1.29 is 10.0 Å². The van der Waals surface area contributed by atoms with E-state index in [0.717, 1.165) is 10.1 Å². The van der Waals surface area contributed by atoms with Crippen LogP contribution < -0.4 is 5.48 Å². The molecule has 0 unspecified atom stereocenters. The second kappa shape index (κ2) is 3.98. The molecular formula is C9H5Cl2NO2S. The van der Waals surface area contributed by atoms with E-state index in [4.69, 9.17) is 28.4 Å². The van der Waals surface area contributed by atoms with Crippen LogP contribution in [0.3, 0.4) is 0 Å². The maximum absolute atomic E-state index is 11.2. The minimum Gasteiger partial charge on any atom is -0.288 e. The van der Waals surface area contributed by atoms with Crippen molar-refractivity contribution in [1.82, 2.24) is 5.48 Å². The molecule has 2 rings (SSSR count). The van der Waals surface area contributed by atoms with Gasteiger partial charge in [-0.25, -0.2) is 5.48 Å². The van der Waals surface area contributed by atoms with E-state index < -0.39 is 5.91 Å². The number of amides is 1. The second-order valence-corrected chi connectivity index (χ2v) is 4.69. The van der Waals surface area contributed by atoms with E-state index in [1.54, 1.807) is 23.7 Å². The predicted molar refractivity (Wildman–Crippen MR) is 61.1 cm³/mol. The quantitative estimate of drug-likeness (QED) is 0.611. The fourth-order valence-electron chi connectivity index (χ4n) is 1.24. The van der Waals surface area contributed by atoms with Gasteiger partial charge in [0.15, 0.2) is 0 Å². The van der Waals surface area contributed by atoms with Gasteiger partial charge in [0.05, 0.1) is 5.02 Å². The summed E-state index contributed by atoms with van der Waals surface area (Å²) in [5, 5.41) is 10.2. The molecule has 2 aromatic rings. The topological polar surface area (TPSA) is 49.3 Å². The second-order valence-electron chi connectivity index (χ2n) is 2.83. The fourth-order valence-corrected chi connectivity index (χ4v) is 2.92. The van der Waals surface area contributed by atoms with E-state index in [-0.39, 0.29) is 4.88 Å². The van der Waals surface area contributed by atoms with Crippen molar-refractivity contribution in [2.75, 3.05) is 0 Å². The smallest absolute Gasteiger partial charge is 0.286 e. The Morgan fingerprint density at radius 1 is 1.40 bits per heavy atom. The normalized spacial score (nSPS) is 10.6. The Morgan fingerprint density at radius 3 is 2.80 bits per heavy atom. The van der Waals surface area contributed by atoms with Crippen LogP contribution in [0.1, 0.15) is 9.67 Å². The molecule has 0 spiro atoms. The highest BCUT2D eigenvalue weighted by Gasteiger charge is 2.16. The number of rotatable bonds is 1. The molecular weight excluding hydrogens is 257 g/mol. The maximum atomic E-state index is 11.2. The molecule has 1 aromatic carbocycles. The van der Waals surface area contributed by atoms with Crippen LogP contribution in [0.25, 0.3) is 10.1 Å². The van der Waals surface area contributed by atoms with Gasteiger partial charge < -0.3 is 0 Å². The minimum atomic E-state index is -0.614. The first-order valence-electron chi connectivity index (χ1n) is 3.95. The lowest BCUT2D eigenvalue weighted by molar-refractivity contribution is 0.0711. The van der Waals surface area contributed by atoms with Crippen molar-refractivity contribution in [3.05, 3.63) is 33.1 Å². The first kappa shape index (κ1) is 10.7. The number of hydroxylamine groups is 1. The van der Waals surface area contributed by atoms with Gasteiger partial charge in [0.2, 0.25) is 0 Å². The molecule has 78 valence electrons. The molecule has 3 nitrogen and oxygen atoms in total. The van der Waals surface area contributed by atoms with Gasteiger partial charge in [-0.2, -0.15) is 0 Å². The Kier molecular flexibility index (Phi) is 2.84. The average molecular weight is 262 g/mol. The molecule has 2 N–H and O–H groups in total. The summed E-state index contributed by atoms with van der Waals surface area (Å²) >= 11 is 13.0. The SMILES string of the molecule is O=C(NO)c1sc2cc(Cl)ccc2c1Cl. The molecule has 0 bridgehead atoms. The van der Waals surface area contributed by atoms with Gasteiger partial charge in [0, 0.05) is 15.1 Å². The van der Waals surface area contributed by atoms with Crippen LogP contribution in [0, 0.1) is 0 Å². The summed E-state index contributed by atoms with van der Waals surface area (Å²) in [4.78, 5) is 11.5. The zero-order valence-corrected chi connectivity index (χ0v) is 9.58. The summed E-state index contributed by atoms with van der Waals surface area (Å²) in [5.74, 6) is -0.614. The van der Waals surface area contributed by atoms with Crippen LogP contribution in [0.2, 0.25) is 10.0 Å². The highest BCUT2D eigenvalue weighted by atomic mass is 35.5. The van der Waals surface area contributed by atoms with Gasteiger partial charge in [-0.3, -0.25) is 10.0 Å². The standard InChI is InChI=1S/C9H5Cl2NO2S/c10-4-1-2-5-6(3-4)15-8(7(5)11)9(13)12-14/h1-3,14H,(H,12,13). The number of benzene rings is 1. The number of nitrogens with one attached hydrogen (secondary N) is 1. The van der Waals surface area contributed by atoms with Crippen LogP contribution in [0.15, 0.2) is 18.2 Å². The number of hydrogen-bond acceptors (Lipinski definition) is 3. The lowest BCUT2D eigenvalue weighted by Gasteiger charge is -1.93. The zero-order chi connectivity index (χ0) is 11.0. The van der Waals surface area contributed by atoms with Gasteiger partial charge in [-0.15, -0.1) is 11.3 Å². The van der Waals surface area contributed by atoms with Crippen molar-refractivity contribution in [1.29, 1.82) is 0 Å². The van der Waals surface area contributed by atoms with Gasteiger partial charge in [-0.1, -0.05) is 29.3 Å². The summed E-state index contributed by atoms with van der Waals surface area (Å²) in [7, 11) is 0. The monoisotopic (exact) mass is 261 g/mol. The van der Waals surface area contributed by atoms with Crippen LogP contribution in [0.4, 0.5) is 0 Å². The largest absolute Gasteiger partial charge is 0.288 e. The molecule has 0 aliphatic rings. The molecule has 1 amide bonds. The average Bonchev–Trinajstić information content (AvgIpc) is 2.54. The van der Waals surface area contributed by atoms with Gasteiger partial charge in [-0.05, 0) is 12.1 Å². The van der Waals surface area contributed by atoms with E-state index in [2.05, 4.69) is 0 Å². The summed E-state index contributed by atoms with van der Waals surface area (Å²) in [6, 6.07) is 5.16. The predicted octanol–water partition coefficient (Wildman–Crippen LogP) is 3.33. The number of halogens is 2. The van der Waals surface area contributed by atoms with E-state index in [1.165, 1.54) is 11.3 Å². The number of carbonyl (C=O) groups is 1. The number of fused-ring (bicyclic) bond motifs is 1. The highest BCUT2D eigenvalue weighted by Crippen LogP contribution is 2.36. The van der Waals surface area contributed by atoms with Gasteiger partial charge >= 0.3 is 0 Å². The Hall–Kier alpha value is -0.810. The summed E-state index contributed by atoms with van der Waals surface area (Å²) in [6.07, 6.45) is 0. The van der Waals surface area contributed by atoms with Crippen LogP contribution in [-0.4, -0.2) is 11.1 Å². The Balaban J connectivity index is 2.69. The molecule has 0 saturated carbocycles. The van der Waals surface area contributed by atoms with Crippen LogP contribution in [-0.2, 0) is 0 Å².